The summed E-state index contributed by atoms with van der Waals surface area (Å²) in [5, 5.41) is 4.38. The van der Waals surface area contributed by atoms with Gasteiger partial charge in [0.1, 0.15) is 5.03 Å². The monoisotopic (exact) mass is 325 g/mol. The van der Waals surface area contributed by atoms with E-state index in [-0.39, 0.29) is 0 Å². The number of halogens is 1. The average molecular weight is 326 g/mol. The second kappa shape index (κ2) is 6.67. The average Bonchev–Trinajstić information content (AvgIpc) is 3.06. The molecule has 0 bridgehead atoms. The number of hydrogen-bond acceptors (Lipinski definition) is 4. The summed E-state index contributed by atoms with van der Waals surface area (Å²) in [6, 6.07) is 17.7. The zero-order valence-corrected chi connectivity index (χ0v) is 13.7. The van der Waals surface area contributed by atoms with E-state index >= 15 is 0 Å². The Labute approximate surface area is 140 Å². The van der Waals surface area contributed by atoms with Crippen molar-refractivity contribution >= 4 is 28.4 Å². The first-order valence-electron chi connectivity index (χ1n) is 7.17. The van der Waals surface area contributed by atoms with Crippen LogP contribution in [0.5, 0.6) is 0 Å². The van der Waals surface area contributed by atoms with E-state index < -0.39 is 0 Å². The maximum Gasteiger partial charge on any atom is 0.269 e. The summed E-state index contributed by atoms with van der Waals surface area (Å²) in [5.41, 5.74) is 2.99. The predicted octanol–water partition coefficient (Wildman–Crippen LogP) is 4.54. The number of hydrogen-bond donors (Lipinski definition) is 0. The fourth-order valence-electron chi connectivity index (χ4n) is 2.10. The van der Waals surface area contributed by atoms with E-state index in [4.69, 9.17) is 16.1 Å². The van der Waals surface area contributed by atoms with E-state index in [2.05, 4.69) is 10.1 Å². The van der Waals surface area contributed by atoms with Gasteiger partial charge in [-0.1, -0.05) is 59.2 Å². The van der Waals surface area contributed by atoms with Crippen molar-refractivity contribution < 1.29 is 4.52 Å². The fraction of sp³-hybridized carbons (Fsp3) is 0.111. The molecule has 1 heterocycles. The first-order valence-corrected chi connectivity index (χ1v) is 7.55. The van der Waals surface area contributed by atoms with Gasteiger partial charge in [-0.15, -0.1) is 0 Å². The van der Waals surface area contributed by atoms with Crippen molar-refractivity contribution in [3.8, 4) is 11.4 Å². The lowest BCUT2D eigenvalue weighted by molar-refractivity contribution is 0.410. The number of rotatable bonds is 4. The molecule has 0 atom stereocenters. The molecule has 0 spiro atoms. The summed E-state index contributed by atoms with van der Waals surface area (Å²) in [4.78, 5) is 6.38. The van der Waals surface area contributed by atoms with E-state index in [1.165, 1.54) is 0 Å². The van der Waals surface area contributed by atoms with Gasteiger partial charge in [-0.2, -0.15) is 4.98 Å². The second-order valence-electron chi connectivity index (χ2n) is 5.27. The van der Waals surface area contributed by atoms with Gasteiger partial charge < -0.3 is 9.42 Å². The van der Waals surface area contributed by atoms with Crippen LogP contribution in [0.25, 0.3) is 22.5 Å². The summed E-state index contributed by atoms with van der Waals surface area (Å²) in [7, 11) is 4.00. The molecule has 3 aromatic rings. The van der Waals surface area contributed by atoms with Crippen LogP contribution in [0.4, 0.5) is 5.69 Å². The highest BCUT2D eigenvalue weighted by molar-refractivity contribution is 6.50. The summed E-state index contributed by atoms with van der Waals surface area (Å²) in [6.45, 7) is 0. The topological polar surface area (TPSA) is 42.2 Å². The van der Waals surface area contributed by atoms with Gasteiger partial charge in [0.25, 0.3) is 5.89 Å². The molecule has 1 aromatic heterocycles. The summed E-state index contributed by atoms with van der Waals surface area (Å²) in [5.74, 6) is 0.831. The minimum atomic E-state index is 0.308. The zero-order valence-electron chi connectivity index (χ0n) is 12.9. The SMILES string of the molecule is CN(C)c1ccc(/C=C(\Cl)c2nc(-c3ccccc3)no2)cc1. The molecule has 4 nitrogen and oxygen atoms in total. The molecule has 0 aliphatic heterocycles. The highest BCUT2D eigenvalue weighted by Gasteiger charge is 2.11. The molecule has 0 saturated carbocycles. The molecular formula is C18H16ClN3O. The van der Waals surface area contributed by atoms with E-state index in [0.717, 1.165) is 16.8 Å². The lowest BCUT2D eigenvalue weighted by atomic mass is 10.2. The molecule has 0 radical (unpaired) electrons. The molecular weight excluding hydrogens is 310 g/mol. The molecule has 3 rings (SSSR count). The first kappa shape index (κ1) is 15.3. The van der Waals surface area contributed by atoms with Gasteiger partial charge in [-0.25, -0.2) is 0 Å². The van der Waals surface area contributed by atoms with Crippen LogP contribution in [0.1, 0.15) is 11.5 Å². The van der Waals surface area contributed by atoms with Gasteiger partial charge in [0, 0.05) is 25.3 Å². The standard InChI is InChI=1S/C18H16ClN3O/c1-22(2)15-10-8-13(9-11-15)12-16(19)18-20-17(21-23-18)14-6-4-3-5-7-14/h3-12H,1-2H3/b16-12-. The van der Waals surface area contributed by atoms with Crippen molar-refractivity contribution in [1.29, 1.82) is 0 Å². The van der Waals surface area contributed by atoms with Crippen molar-refractivity contribution in [2.45, 2.75) is 0 Å². The summed E-state index contributed by atoms with van der Waals surface area (Å²) >= 11 is 6.30. The maximum absolute atomic E-state index is 6.30. The van der Waals surface area contributed by atoms with Crippen molar-refractivity contribution in [3.05, 3.63) is 66.1 Å². The molecule has 0 aliphatic rings. The van der Waals surface area contributed by atoms with Gasteiger partial charge in [-0.3, -0.25) is 0 Å². The van der Waals surface area contributed by atoms with Gasteiger partial charge in [-0.05, 0) is 23.8 Å². The number of aromatic nitrogens is 2. The van der Waals surface area contributed by atoms with Gasteiger partial charge >= 0.3 is 0 Å². The Morgan fingerprint density at radius 1 is 1.04 bits per heavy atom. The third-order valence-electron chi connectivity index (χ3n) is 3.37. The van der Waals surface area contributed by atoms with E-state index in [0.29, 0.717) is 16.7 Å². The lowest BCUT2D eigenvalue weighted by Crippen LogP contribution is -2.07. The molecule has 0 amide bonds. The molecule has 0 unspecified atom stereocenters. The normalized spacial score (nSPS) is 11.5. The Kier molecular flexibility index (Phi) is 4.44. The zero-order chi connectivity index (χ0) is 16.2. The molecule has 116 valence electrons. The Balaban J connectivity index is 1.83. The largest absolute Gasteiger partial charge is 0.378 e. The van der Waals surface area contributed by atoms with E-state index in [9.17, 15) is 0 Å². The van der Waals surface area contributed by atoms with Crippen LogP contribution in [-0.2, 0) is 0 Å². The van der Waals surface area contributed by atoms with Crippen molar-refractivity contribution in [3.63, 3.8) is 0 Å². The minimum absolute atomic E-state index is 0.308. The number of nitrogens with zero attached hydrogens (tertiary/aromatic N) is 3. The first-order chi connectivity index (χ1) is 11.1. The second-order valence-corrected chi connectivity index (χ2v) is 5.67. The molecule has 0 fully saturated rings. The molecule has 0 saturated heterocycles. The quantitative estimate of drug-likeness (QED) is 0.706. The van der Waals surface area contributed by atoms with Gasteiger partial charge in [0.05, 0.1) is 0 Å². The molecule has 2 aromatic carbocycles. The number of anilines is 1. The smallest absolute Gasteiger partial charge is 0.269 e. The van der Waals surface area contributed by atoms with E-state index in [1.807, 2.05) is 79.7 Å². The van der Waals surface area contributed by atoms with Gasteiger partial charge in [0.2, 0.25) is 5.82 Å². The van der Waals surface area contributed by atoms with Crippen molar-refractivity contribution in [1.82, 2.24) is 10.1 Å². The highest BCUT2D eigenvalue weighted by atomic mass is 35.5. The molecule has 23 heavy (non-hydrogen) atoms. The fourth-order valence-corrected chi connectivity index (χ4v) is 2.30. The van der Waals surface area contributed by atoms with Crippen LogP contribution in [0.2, 0.25) is 0 Å². The van der Waals surface area contributed by atoms with E-state index in [1.54, 1.807) is 0 Å². The van der Waals surface area contributed by atoms with Crippen molar-refractivity contribution in [2.75, 3.05) is 19.0 Å². The molecule has 0 aliphatic carbocycles. The van der Waals surface area contributed by atoms with Crippen LogP contribution in [0, 0.1) is 0 Å². The van der Waals surface area contributed by atoms with Crippen LogP contribution in [0.15, 0.2) is 59.1 Å². The van der Waals surface area contributed by atoms with Crippen LogP contribution < -0.4 is 4.90 Å². The van der Waals surface area contributed by atoms with Crippen LogP contribution in [0.3, 0.4) is 0 Å². The van der Waals surface area contributed by atoms with Crippen LogP contribution in [-0.4, -0.2) is 24.2 Å². The van der Waals surface area contributed by atoms with Crippen LogP contribution >= 0.6 is 11.6 Å². The van der Waals surface area contributed by atoms with Gasteiger partial charge in [0.15, 0.2) is 0 Å². The Morgan fingerprint density at radius 3 is 2.39 bits per heavy atom. The number of benzene rings is 2. The predicted molar refractivity (Wildman–Crippen MR) is 94.2 cm³/mol. The minimum Gasteiger partial charge on any atom is -0.378 e. The molecule has 5 heteroatoms. The lowest BCUT2D eigenvalue weighted by Gasteiger charge is -2.11. The Hall–Kier alpha value is -2.59. The summed E-state index contributed by atoms with van der Waals surface area (Å²) in [6.07, 6.45) is 1.81. The Morgan fingerprint density at radius 2 is 1.74 bits per heavy atom. The molecule has 0 N–H and O–H groups in total. The van der Waals surface area contributed by atoms with Crippen molar-refractivity contribution in [2.24, 2.45) is 0 Å². The maximum atomic E-state index is 6.30. The third-order valence-corrected chi connectivity index (χ3v) is 3.64. The Bertz CT molecular complexity index is 808. The third kappa shape index (κ3) is 3.60. The highest BCUT2D eigenvalue weighted by Crippen LogP contribution is 2.24. The summed E-state index contributed by atoms with van der Waals surface area (Å²) < 4.78 is 5.25.